The number of amidine groups is 1. The van der Waals surface area contributed by atoms with E-state index >= 15 is 0 Å². The van der Waals surface area contributed by atoms with E-state index in [4.69, 9.17) is 10.1 Å². The lowest BCUT2D eigenvalue weighted by atomic mass is 9.95. The Morgan fingerprint density at radius 3 is 2.00 bits per heavy atom. The number of benzene rings is 2. The molecular formula is C20H20N2O. The standard InChI is InChI=1S/C20H20N2O/c1-2-3-14-23-20-18(16-12-8-5-9-13-16)17(19(21)22-20)15-10-6-4-7-11-15/h4-13,21H,2-3,14H2,1H3. The van der Waals surface area contributed by atoms with Crippen LogP contribution in [0.15, 0.2) is 65.7 Å². The van der Waals surface area contributed by atoms with Crippen molar-refractivity contribution >= 4 is 22.9 Å². The first-order valence-corrected chi connectivity index (χ1v) is 7.97. The van der Waals surface area contributed by atoms with Crippen molar-refractivity contribution < 1.29 is 4.74 Å². The zero-order chi connectivity index (χ0) is 16.1. The maximum absolute atomic E-state index is 8.31. The van der Waals surface area contributed by atoms with Gasteiger partial charge in [-0.05, 0) is 17.5 Å². The Labute approximate surface area is 136 Å². The fourth-order valence-corrected chi connectivity index (χ4v) is 2.61. The Bertz CT molecular complexity index is 746. The molecule has 0 spiro atoms. The first-order chi connectivity index (χ1) is 11.3. The molecule has 23 heavy (non-hydrogen) atoms. The Balaban J connectivity index is 2.07. The van der Waals surface area contributed by atoms with E-state index in [1.54, 1.807) is 0 Å². The van der Waals surface area contributed by atoms with Crippen molar-refractivity contribution in [3.63, 3.8) is 0 Å². The molecule has 0 atom stereocenters. The molecule has 2 aromatic rings. The van der Waals surface area contributed by atoms with Crippen LogP contribution in [0.5, 0.6) is 0 Å². The summed E-state index contributed by atoms with van der Waals surface area (Å²) in [4.78, 5) is 4.38. The van der Waals surface area contributed by atoms with Crippen LogP contribution in [-0.2, 0) is 4.74 Å². The third-order valence-corrected chi connectivity index (χ3v) is 3.78. The number of hydrogen-bond donors (Lipinski definition) is 1. The molecule has 0 aliphatic carbocycles. The lowest BCUT2D eigenvalue weighted by Gasteiger charge is -2.11. The number of nitrogens with one attached hydrogen (secondary N) is 1. The van der Waals surface area contributed by atoms with Crippen LogP contribution in [0.2, 0.25) is 0 Å². The van der Waals surface area contributed by atoms with Gasteiger partial charge in [0.05, 0.1) is 12.2 Å². The molecule has 3 rings (SSSR count). The van der Waals surface area contributed by atoms with Crippen LogP contribution in [-0.4, -0.2) is 18.3 Å². The molecule has 1 aliphatic rings. The van der Waals surface area contributed by atoms with E-state index in [0.29, 0.717) is 12.5 Å². The molecule has 1 N–H and O–H groups in total. The maximum atomic E-state index is 8.31. The highest BCUT2D eigenvalue weighted by Crippen LogP contribution is 2.34. The lowest BCUT2D eigenvalue weighted by molar-refractivity contribution is 0.302. The second-order valence-corrected chi connectivity index (χ2v) is 5.45. The highest BCUT2D eigenvalue weighted by atomic mass is 16.5. The normalized spacial score (nSPS) is 14.1. The van der Waals surface area contributed by atoms with E-state index < -0.39 is 0 Å². The van der Waals surface area contributed by atoms with Crippen molar-refractivity contribution in [1.82, 2.24) is 0 Å². The molecule has 0 unspecified atom stereocenters. The lowest BCUT2D eigenvalue weighted by Crippen LogP contribution is -2.07. The minimum Gasteiger partial charge on any atom is -0.477 e. The molecule has 3 heteroatoms. The number of hydrogen-bond acceptors (Lipinski definition) is 2. The number of unbranched alkanes of at least 4 members (excludes halogenated alkanes) is 1. The summed E-state index contributed by atoms with van der Waals surface area (Å²) in [6.45, 7) is 2.76. The average Bonchev–Trinajstić information content (AvgIpc) is 2.93. The van der Waals surface area contributed by atoms with E-state index in [0.717, 1.165) is 35.1 Å². The molecule has 2 aromatic carbocycles. The number of ether oxygens (including phenoxy) is 1. The van der Waals surface area contributed by atoms with Gasteiger partial charge in [-0.3, -0.25) is 5.41 Å². The topological polar surface area (TPSA) is 45.4 Å². The number of nitrogens with zero attached hydrogens (tertiary/aromatic N) is 1. The van der Waals surface area contributed by atoms with Gasteiger partial charge >= 0.3 is 0 Å². The summed E-state index contributed by atoms with van der Waals surface area (Å²) in [5.74, 6) is 0.829. The predicted octanol–water partition coefficient (Wildman–Crippen LogP) is 4.80. The van der Waals surface area contributed by atoms with E-state index in [2.05, 4.69) is 11.9 Å². The third kappa shape index (κ3) is 3.24. The SMILES string of the molecule is CCCCOC1=NC(=N)C(c2ccccc2)=C1c1ccccc1. The van der Waals surface area contributed by atoms with Crippen LogP contribution >= 0.6 is 0 Å². The molecule has 1 aliphatic heterocycles. The van der Waals surface area contributed by atoms with Crippen molar-refractivity contribution in [2.75, 3.05) is 6.61 Å². The Hall–Kier alpha value is -2.68. The molecule has 0 radical (unpaired) electrons. The Kier molecular flexibility index (Phi) is 4.67. The minimum absolute atomic E-state index is 0.265. The van der Waals surface area contributed by atoms with Crippen molar-refractivity contribution in [3.8, 4) is 0 Å². The molecule has 0 saturated carbocycles. The van der Waals surface area contributed by atoms with Gasteiger partial charge < -0.3 is 4.74 Å². The van der Waals surface area contributed by atoms with Crippen LogP contribution < -0.4 is 0 Å². The van der Waals surface area contributed by atoms with Gasteiger partial charge in [0.25, 0.3) is 0 Å². The van der Waals surface area contributed by atoms with Crippen LogP contribution in [0.25, 0.3) is 11.1 Å². The van der Waals surface area contributed by atoms with E-state index in [1.165, 1.54) is 0 Å². The molecule has 0 bridgehead atoms. The van der Waals surface area contributed by atoms with Crippen molar-refractivity contribution in [1.29, 1.82) is 5.41 Å². The van der Waals surface area contributed by atoms with Crippen LogP contribution in [0.1, 0.15) is 30.9 Å². The number of rotatable bonds is 5. The van der Waals surface area contributed by atoms with Gasteiger partial charge in [0.2, 0.25) is 5.90 Å². The van der Waals surface area contributed by atoms with Gasteiger partial charge in [-0.1, -0.05) is 74.0 Å². The molecular weight excluding hydrogens is 284 g/mol. The fourth-order valence-electron chi connectivity index (χ4n) is 2.61. The summed E-state index contributed by atoms with van der Waals surface area (Å²) in [5, 5.41) is 8.31. The fraction of sp³-hybridized carbons (Fsp3) is 0.200. The van der Waals surface area contributed by atoms with E-state index in [-0.39, 0.29) is 5.84 Å². The summed E-state index contributed by atoms with van der Waals surface area (Å²) in [5.41, 5.74) is 3.78. The van der Waals surface area contributed by atoms with Gasteiger partial charge in [0, 0.05) is 5.57 Å². The molecule has 0 fully saturated rings. The van der Waals surface area contributed by atoms with Gasteiger partial charge in [0.15, 0.2) is 5.84 Å². The Morgan fingerprint density at radius 1 is 0.870 bits per heavy atom. The van der Waals surface area contributed by atoms with Crippen LogP contribution in [0.3, 0.4) is 0 Å². The van der Waals surface area contributed by atoms with E-state index in [1.807, 2.05) is 60.7 Å². The summed E-state index contributed by atoms with van der Waals surface area (Å²) >= 11 is 0. The van der Waals surface area contributed by atoms with Gasteiger partial charge in [-0.15, -0.1) is 0 Å². The smallest absolute Gasteiger partial charge is 0.224 e. The minimum atomic E-state index is 0.265. The molecule has 0 aromatic heterocycles. The van der Waals surface area contributed by atoms with Gasteiger partial charge in [0.1, 0.15) is 0 Å². The second kappa shape index (κ2) is 7.05. The highest BCUT2D eigenvalue weighted by Gasteiger charge is 2.27. The molecule has 0 saturated heterocycles. The van der Waals surface area contributed by atoms with Crippen LogP contribution in [0, 0.1) is 5.41 Å². The van der Waals surface area contributed by atoms with Gasteiger partial charge in [-0.2, -0.15) is 4.99 Å². The highest BCUT2D eigenvalue weighted by molar-refractivity contribution is 6.47. The molecule has 116 valence electrons. The van der Waals surface area contributed by atoms with Crippen molar-refractivity contribution in [2.24, 2.45) is 4.99 Å². The van der Waals surface area contributed by atoms with Crippen molar-refractivity contribution in [3.05, 3.63) is 71.8 Å². The Morgan fingerprint density at radius 2 is 1.43 bits per heavy atom. The first kappa shape index (κ1) is 15.2. The molecule has 3 nitrogen and oxygen atoms in total. The average molecular weight is 304 g/mol. The summed E-state index contributed by atoms with van der Waals surface area (Å²) < 4.78 is 5.88. The maximum Gasteiger partial charge on any atom is 0.224 e. The zero-order valence-electron chi connectivity index (χ0n) is 13.3. The van der Waals surface area contributed by atoms with Gasteiger partial charge in [-0.25, -0.2) is 0 Å². The predicted molar refractivity (Wildman–Crippen MR) is 95.7 cm³/mol. The van der Waals surface area contributed by atoms with Crippen LogP contribution in [0.4, 0.5) is 0 Å². The summed E-state index contributed by atoms with van der Waals surface area (Å²) in [6, 6.07) is 20.0. The molecule has 0 amide bonds. The zero-order valence-corrected chi connectivity index (χ0v) is 13.3. The molecule has 1 heterocycles. The quantitative estimate of drug-likeness (QED) is 0.792. The first-order valence-electron chi connectivity index (χ1n) is 7.97. The van der Waals surface area contributed by atoms with E-state index in [9.17, 15) is 0 Å². The number of aliphatic imine (C=N–C) groups is 1. The summed E-state index contributed by atoms with van der Waals surface area (Å²) in [7, 11) is 0. The third-order valence-electron chi connectivity index (χ3n) is 3.78. The second-order valence-electron chi connectivity index (χ2n) is 5.45. The monoisotopic (exact) mass is 304 g/mol. The summed E-state index contributed by atoms with van der Waals surface area (Å²) in [6.07, 6.45) is 2.05. The largest absolute Gasteiger partial charge is 0.477 e. The van der Waals surface area contributed by atoms with Crippen molar-refractivity contribution in [2.45, 2.75) is 19.8 Å².